The average molecular weight is 246 g/mol. The molecule has 2 aromatic rings. The van der Waals surface area contributed by atoms with Crippen LogP contribution in [0.2, 0.25) is 0 Å². The number of nitrogens with zero attached hydrogens (tertiary/aromatic N) is 2. The van der Waals surface area contributed by atoms with Gasteiger partial charge in [0.05, 0.1) is 0 Å². The van der Waals surface area contributed by atoms with E-state index in [-0.39, 0.29) is 5.82 Å². The molecule has 1 heterocycles. The molecule has 1 aromatic heterocycles. The molecule has 0 bridgehead atoms. The van der Waals surface area contributed by atoms with Gasteiger partial charge in [-0.1, -0.05) is 0 Å². The third-order valence-corrected chi connectivity index (χ3v) is 4.33. The van der Waals surface area contributed by atoms with E-state index in [1.54, 1.807) is 6.07 Å². The number of halogens is 1. The maximum atomic E-state index is 13.5. The van der Waals surface area contributed by atoms with Gasteiger partial charge in [0.15, 0.2) is 0 Å². The summed E-state index contributed by atoms with van der Waals surface area (Å²) in [7, 11) is 4.26. The molecule has 2 unspecified atom stereocenters. The summed E-state index contributed by atoms with van der Waals surface area (Å²) < 4.78 is 15.9. The zero-order chi connectivity index (χ0) is 12.9. The largest absolute Gasteiger partial charge is 0.343 e. The molecule has 1 aromatic carbocycles. The minimum atomic E-state index is -0.113. The summed E-state index contributed by atoms with van der Waals surface area (Å²) in [6.07, 6.45) is 4.57. The number of benzene rings is 1. The van der Waals surface area contributed by atoms with Crippen LogP contribution < -0.4 is 0 Å². The van der Waals surface area contributed by atoms with Gasteiger partial charge < -0.3 is 9.47 Å². The lowest BCUT2D eigenvalue weighted by molar-refractivity contribution is 0.116. The van der Waals surface area contributed by atoms with Gasteiger partial charge in [-0.05, 0) is 57.6 Å². The summed E-state index contributed by atoms with van der Waals surface area (Å²) in [6, 6.07) is 6.66. The lowest BCUT2D eigenvalue weighted by Gasteiger charge is -2.42. The normalized spacial score (nSPS) is 23.6. The minimum Gasteiger partial charge on any atom is -0.343 e. The van der Waals surface area contributed by atoms with Gasteiger partial charge in [-0.25, -0.2) is 4.39 Å². The van der Waals surface area contributed by atoms with E-state index in [1.165, 1.54) is 12.8 Å². The Kier molecular flexibility index (Phi) is 2.67. The number of likely N-dealkylation sites (N-methyl/N-ethyl adjacent to an activating group) is 1. The molecule has 96 valence electrons. The smallest absolute Gasteiger partial charge is 0.126 e. The van der Waals surface area contributed by atoms with Crippen LogP contribution in [0.15, 0.2) is 24.4 Å². The summed E-state index contributed by atoms with van der Waals surface area (Å²) in [5.74, 6) is -0.113. The number of hydrogen-bond acceptors (Lipinski definition) is 1. The van der Waals surface area contributed by atoms with E-state index in [4.69, 9.17) is 0 Å². The van der Waals surface area contributed by atoms with Crippen molar-refractivity contribution in [2.24, 2.45) is 0 Å². The van der Waals surface area contributed by atoms with Gasteiger partial charge in [0.25, 0.3) is 0 Å². The molecular weight excluding hydrogens is 227 g/mol. The fourth-order valence-corrected chi connectivity index (χ4v) is 3.04. The summed E-state index contributed by atoms with van der Waals surface area (Å²) in [5.41, 5.74) is 1.91. The van der Waals surface area contributed by atoms with Gasteiger partial charge in [0.2, 0.25) is 0 Å². The molecule has 0 amide bonds. The predicted octanol–water partition coefficient (Wildman–Crippen LogP) is 3.35. The Morgan fingerprint density at radius 3 is 2.61 bits per heavy atom. The van der Waals surface area contributed by atoms with E-state index in [1.807, 2.05) is 19.1 Å². The lowest BCUT2D eigenvalue weighted by atomic mass is 9.85. The van der Waals surface area contributed by atoms with Crippen LogP contribution in [-0.4, -0.2) is 29.6 Å². The molecule has 0 saturated heterocycles. The van der Waals surface area contributed by atoms with Crippen LogP contribution in [0.1, 0.15) is 24.4 Å². The molecule has 0 aliphatic heterocycles. The van der Waals surface area contributed by atoms with Crippen LogP contribution in [0, 0.1) is 12.7 Å². The van der Waals surface area contributed by atoms with Gasteiger partial charge in [0, 0.05) is 29.2 Å². The van der Waals surface area contributed by atoms with E-state index in [9.17, 15) is 4.39 Å². The van der Waals surface area contributed by atoms with E-state index in [2.05, 4.69) is 29.8 Å². The van der Waals surface area contributed by atoms with Crippen molar-refractivity contribution in [3.63, 3.8) is 0 Å². The molecule has 3 rings (SSSR count). The van der Waals surface area contributed by atoms with E-state index in [0.717, 1.165) is 16.5 Å². The number of aromatic nitrogens is 1. The van der Waals surface area contributed by atoms with Crippen molar-refractivity contribution in [1.82, 2.24) is 9.47 Å². The minimum absolute atomic E-state index is 0.113. The first-order chi connectivity index (χ1) is 8.59. The number of rotatable bonds is 2. The molecule has 0 spiro atoms. The molecule has 0 radical (unpaired) electrons. The monoisotopic (exact) mass is 246 g/mol. The molecular formula is C15H19FN2. The van der Waals surface area contributed by atoms with Crippen molar-refractivity contribution in [3.05, 3.63) is 35.8 Å². The first-order valence-electron chi connectivity index (χ1n) is 6.51. The van der Waals surface area contributed by atoms with Gasteiger partial charge in [-0.15, -0.1) is 0 Å². The third kappa shape index (κ3) is 1.57. The third-order valence-electron chi connectivity index (χ3n) is 4.33. The standard InChI is InChI=1S/C15H19FN2/c1-10-11-8-9-18(13(11)5-4-12(10)16)15-7-6-14(15)17(2)3/h4-5,8-9,14-15H,6-7H2,1-3H3. The van der Waals surface area contributed by atoms with Gasteiger partial charge in [-0.3, -0.25) is 0 Å². The van der Waals surface area contributed by atoms with Crippen LogP contribution in [0.5, 0.6) is 0 Å². The first-order valence-corrected chi connectivity index (χ1v) is 6.51. The second kappa shape index (κ2) is 4.09. The highest BCUT2D eigenvalue weighted by molar-refractivity contribution is 5.83. The highest BCUT2D eigenvalue weighted by atomic mass is 19.1. The van der Waals surface area contributed by atoms with Crippen molar-refractivity contribution in [1.29, 1.82) is 0 Å². The highest BCUT2D eigenvalue weighted by Crippen LogP contribution is 2.38. The Morgan fingerprint density at radius 1 is 1.22 bits per heavy atom. The molecule has 1 fully saturated rings. The SMILES string of the molecule is Cc1c(F)ccc2c1ccn2C1CCC1N(C)C. The number of fused-ring (bicyclic) bond motifs is 1. The van der Waals surface area contributed by atoms with Crippen LogP contribution in [0.25, 0.3) is 10.9 Å². The van der Waals surface area contributed by atoms with Crippen molar-refractivity contribution >= 4 is 10.9 Å². The quantitative estimate of drug-likeness (QED) is 0.789. The molecule has 2 atom stereocenters. The maximum absolute atomic E-state index is 13.5. The van der Waals surface area contributed by atoms with E-state index < -0.39 is 0 Å². The summed E-state index contributed by atoms with van der Waals surface area (Å²) >= 11 is 0. The summed E-state index contributed by atoms with van der Waals surface area (Å²) in [4.78, 5) is 2.29. The van der Waals surface area contributed by atoms with Gasteiger partial charge in [0.1, 0.15) is 5.82 Å². The molecule has 2 nitrogen and oxygen atoms in total. The Morgan fingerprint density at radius 2 is 2.00 bits per heavy atom. The predicted molar refractivity (Wildman–Crippen MR) is 72.4 cm³/mol. The first kappa shape index (κ1) is 11.7. The Bertz CT molecular complexity index is 585. The zero-order valence-corrected chi connectivity index (χ0v) is 11.2. The molecule has 1 aliphatic carbocycles. The maximum Gasteiger partial charge on any atom is 0.126 e. The van der Waals surface area contributed by atoms with E-state index in [0.29, 0.717) is 12.1 Å². The van der Waals surface area contributed by atoms with Gasteiger partial charge >= 0.3 is 0 Å². The molecule has 3 heteroatoms. The number of aryl methyl sites for hydroxylation is 1. The van der Waals surface area contributed by atoms with Crippen LogP contribution in [0.4, 0.5) is 4.39 Å². The lowest BCUT2D eigenvalue weighted by Crippen LogP contribution is -2.43. The van der Waals surface area contributed by atoms with Gasteiger partial charge in [-0.2, -0.15) is 0 Å². The topological polar surface area (TPSA) is 8.17 Å². The Hall–Kier alpha value is -1.35. The van der Waals surface area contributed by atoms with Crippen molar-refractivity contribution in [2.75, 3.05) is 14.1 Å². The molecule has 1 aliphatic rings. The molecule has 1 saturated carbocycles. The zero-order valence-electron chi connectivity index (χ0n) is 11.2. The molecule has 0 N–H and O–H groups in total. The fraction of sp³-hybridized carbons (Fsp3) is 0.467. The average Bonchev–Trinajstić information content (AvgIpc) is 2.66. The fourth-order valence-electron chi connectivity index (χ4n) is 3.04. The molecule has 18 heavy (non-hydrogen) atoms. The second-order valence-corrected chi connectivity index (χ2v) is 5.50. The van der Waals surface area contributed by atoms with Crippen molar-refractivity contribution in [3.8, 4) is 0 Å². The van der Waals surface area contributed by atoms with Crippen LogP contribution in [-0.2, 0) is 0 Å². The van der Waals surface area contributed by atoms with Crippen molar-refractivity contribution in [2.45, 2.75) is 31.8 Å². The Balaban J connectivity index is 2.06. The second-order valence-electron chi connectivity index (χ2n) is 5.50. The highest BCUT2D eigenvalue weighted by Gasteiger charge is 2.34. The summed E-state index contributed by atoms with van der Waals surface area (Å²) in [5, 5.41) is 1.04. The van der Waals surface area contributed by atoms with Crippen LogP contribution in [0.3, 0.4) is 0 Å². The van der Waals surface area contributed by atoms with E-state index >= 15 is 0 Å². The Labute approximate surface area is 107 Å². The van der Waals surface area contributed by atoms with Crippen LogP contribution >= 0.6 is 0 Å². The summed E-state index contributed by atoms with van der Waals surface area (Å²) in [6.45, 7) is 1.85. The van der Waals surface area contributed by atoms with Crippen molar-refractivity contribution < 1.29 is 4.39 Å². The number of hydrogen-bond donors (Lipinski definition) is 0.